The highest BCUT2D eigenvalue weighted by molar-refractivity contribution is 4.63. The molecule has 0 bridgehead atoms. The topological polar surface area (TPSA) is 20.2 Å². The van der Waals surface area contributed by atoms with Crippen molar-refractivity contribution in [3.05, 3.63) is 0 Å². The number of aliphatic hydroxyl groups excluding tert-OH is 1. The highest BCUT2D eigenvalue weighted by Crippen LogP contribution is 2.16. The average Bonchev–Trinajstić information content (AvgIpc) is 2.24. The first-order valence-corrected chi connectivity index (χ1v) is 3.57. The number of hydrogen-bond donors (Lipinski definition) is 1. The standard InChI is InChI=1S/C5H10O.C2H6/c6-5-3-1-2-4-5;1-2/h5-6H,1-4H2;1-2H3. The van der Waals surface area contributed by atoms with Gasteiger partial charge in [0.15, 0.2) is 0 Å². The van der Waals surface area contributed by atoms with Gasteiger partial charge in [0.1, 0.15) is 0 Å². The van der Waals surface area contributed by atoms with E-state index in [9.17, 15) is 0 Å². The molecule has 0 atom stereocenters. The first-order valence-electron chi connectivity index (χ1n) is 3.57. The van der Waals surface area contributed by atoms with Crippen molar-refractivity contribution in [3.63, 3.8) is 0 Å². The maximum absolute atomic E-state index is 8.73. The Labute approximate surface area is 51.7 Å². The van der Waals surface area contributed by atoms with Crippen LogP contribution in [-0.2, 0) is 0 Å². The predicted octanol–water partition coefficient (Wildman–Crippen LogP) is 1.95. The fourth-order valence-electron chi connectivity index (χ4n) is 0.904. The molecule has 0 unspecified atom stereocenters. The van der Waals surface area contributed by atoms with E-state index in [0.29, 0.717) is 0 Å². The fourth-order valence-corrected chi connectivity index (χ4v) is 0.904. The molecule has 0 saturated heterocycles. The monoisotopic (exact) mass is 116 g/mol. The number of rotatable bonds is 0. The lowest BCUT2D eigenvalue weighted by Crippen LogP contribution is -1.94. The highest BCUT2D eigenvalue weighted by Gasteiger charge is 2.09. The van der Waals surface area contributed by atoms with Crippen LogP contribution in [0, 0.1) is 0 Å². The minimum absolute atomic E-state index is 0.0463. The SMILES string of the molecule is CC.OC1CCCC1. The third-order valence-corrected chi connectivity index (χ3v) is 1.32. The third-order valence-electron chi connectivity index (χ3n) is 1.32. The molecular weight excluding hydrogens is 100 g/mol. The minimum atomic E-state index is 0.0463. The predicted molar refractivity (Wildman–Crippen MR) is 35.8 cm³/mol. The van der Waals surface area contributed by atoms with Crippen LogP contribution in [0.4, 0.5) is 0 Å². The summed E-state index contributed by atoms with van der Waals surface area (Å²) >= 11 is 0. The lowest BCUT2D eigenvalue weighted by atomic mass is 10.3. The van der Waals surface area contributed by atoms with Gasteiger partial charge in [-0.1, -0.05) is 26.7 Å². The first-order chi connectivity index (χ1) is 3.89. The van der Waals surface area contributed by atoms with Gasteiger partial charge in [-0.25, -0.2) is 0 Å². The van der Waals surface area contributed by atoms with Crippen molar-refractivity contribution < 1.29 is 5.11 Å². The quantitative estimate of drug-likeness (QED) is 0.513. The molecule has 50 valence electrons. The van der Waals surface area contributed by atoms with Crippen molar-refractivity contribution in [1.82, 2.24) is 0 Å². The number of aliphatic hydroxyl groups is 1. The molecule has 1 heteroatoms. The van der Waals surface area contributed by atoms with Crippen molar-refractivity contribution in [3.8, 4) is 0 Å². The summed E-state index contributed by atoms with van der Waals surface area (Å²) in [4.78, 5) is 0. The Morgan fingerprint density at radius 1 is 1.12 bits per heavy atom. The van der Waals surface area contributed by atoms with E-state index in [4.69, 9.17) is 5.11 Å². The summed E-state index contributed by atoms with van der Waals surface area (Å²) in [5.74, 6) is 0. The summed E-state index contributed by atoms with van der Waals surface area (Å²) in [6.45, 7) is 4.00. The van der Waals surface area contributed by atoms with Gasteiger partial charge in [0.2, 0.25) is 0 Å². The van der Waals surface area contributed by atoms with Crippen LogP contribution in [0.5, 0.6) is 0 Å². The number of hydrogen-bond acceptors (Lipinski definition) is 1. The molecule has 1 saturated carbocycles. The molecule has 1 fully saturated rings. The molecule has 0 aromatic rings. The molecule has 1 N–H and O–H groups in total. The zero-order chi connectivity index (χ0) is 6.41. The Morgan fingerprint density at radius 3 is 1.62 bits per heavy atom. The molecule has 0 aromatic heterocycles. The van der Waals surface area contributed by atoms with E-state index in [2.05, 4.69) is 0 Å². The lowest BCUT2D eigenvalue weighted by Gasteiger charge is -1.91. The molecule has 0 heterocycles. The van der Waals surface area contributed by atoms with Crippen LogP contribution >= 0.6 is 0 Å². The minimum Gasteiger partial charge on any atom is -0.393 e. The normalized spacial score (nSPS) is 19.9. The van der Waals surface area contributed by atoms with Gasteiger partial charge in [-0.2, -0.15) is 0 Å². The van der Waals surface area contributed by atoms with Gasteiger partial charge < -0.3 is 5.11 Å². The van der Waals surface area contributed by atoms with Crippen molar-refractivity contribution >= 4 is 0 Å². The molecule has 1 aliphatic carbocycles. The molecule has 1 rings (SSSR count). The molecule has 0 aromatic carbocycles. The van der Waals surface area contributed by atoms with E-state index in [1.165, 1.54) is 12.8 Å². The van der Waals surface area contributed by atoms with Crippen molar-refractivity contribution in [1.29, 1.82) is 0 Å². The van der Waals surface area contributed by atoms with E-state index in [-0.39, 0.29) is 6.10 Å². The molecule has 1 nitrogen and oxygen atoms in total. The van der Waals surface area contributed by atoms with E-state index in [1.807, 2.05) is 13.8 Å². The van der Waals surface area contributed by atoms with Gasteiger partial charge in [0, 0.05) is 0 Å². The Hall–Kier alpha value is -0.0400. The van der Waals surface area contributed by atoms with Gasteiger partial charge in [-0.05, 0) is 12.8 Å². The summed E-state index contributed by atoms with van der Waals surface area (Å²) in [7, 11) is 0. The van der Waals surface area contributed by atoms with E-state index in [1.54, 1.807) is 0 Å². The third kappa shape index (κ3) is 3.03. The molecule has 0 spiro atoms. The smallest absolute Gasteiger partial charge is 0.0540 e. The molecule has 8 heavy (non-hydrogen) atoms. The lowest BCUT2D eigenvalue weighted by molar-refractivity contribution is 0.183. The van der Waals surface area contributed by atoms with Crippen LogP contribution in [0.2, 0.25) is 0 Å². The molecule has 0 radical (unpaired) electrons. The summed E-state index contributed by atoms with van der Waals surface area (Å²) in [5, 5.41) is 8.73. The van der Waals surface area contributed by atoms with Crippen LogP contribution in [0.1, 0.15) is 39.5 Å². The largest absolute Gasteiger partial charge is 0.393 e. The van der Waals surface area contributed by atoms with Crippen LogP contribution in [-0.4, -0.2) is 11.2 Å². The van der Waals surface area contributed by atoms with E-state index >= 15 is 0 Å². The second-order valence-electron chi connectivity index (χ2n) is 1.94. The van der Waals surface area contributed by atoms with Gasteiger partial charge in [-0.15, -0.1) is 0 Å². The maximum Gasteiger partial charge on any atom is 0.0540 e. The van der Waals surface area contributed by atoms with Crippen molar-refractivity contribution in [2.75, 3.05) is 0 Å². The second kappa shape index (κ2) is 5.10. The van der Waals surface area contributed by atoms with Gasteiger partial charge in [0.05, 0.1) is 6.10 Å². The van der Waals surface area contributed by atoms with Gasteiger partial charge in [0.25, 0.3) is 0 Å². The Balaban J connectivity index is 0.000000222. The molecular formula is C7H16O. The molecule has 0 aliphatic heterocycles. The summed E-state index contributed by atoms with van der Waals surface area (Å²) < 4.78 is 0. The first kappa shape index (κ1) is 7.96. The van der Waals surface area contributed by atoms with Crippen LogP contribution in [0.25, 0.3) is 0 Å². The average molecular weight is 116 g/mol. The Kier molecular flexibility index (Phi) is 5.08. The van der Waals surface area contributed by atoms with Crippen molar-refractivity contribution in [2.45, 2.75) is 45.6 Å². The van der Waals surface area contributed by atoms with Crippen LogP contribution in [0.15, 0.2) is 0 Å². The summed E-state index contributed by atoms with van der Waals surface area (Å²) in [6, 6.07) is 0. The molecule has 0 amide bonds. The van der Waals surface area contributed by atoms with Crippen LogP contribution < -0.4 is 0 Å². The maximum atomic E-state index is 8.73. The zero-order valence-electron chi connectivity index (χ0n) is 5.85. The van der Waals surface area contributed by atoms with E-state index in [0.717, 1.165) is 12.8 Å². The molecule has 1 aliphatic rings. The fraction of sp³-hybridized carbons (Fsp3) is 1.00. The Bertz CT molecular complexity index is 37.7. The van der Waals surface area contributed by atoms with Gasteiger partial charge in [-0.3, -0.25) is 0 Å². The van der Waals surface area contributed by atoms with Crippen LogP contribution in [0.3, 0.4) is 0 Å². The zero-order valence-corrected chi connectivity index (χ0v) is 5.85. The van der Waals surface area contributed by atoms with Gasteiger partial charge >= 0.3 is 0 Å². The van der Waals surface area contributed by atoms with E-state index < -0.39 is 0 Å². The second-order valence-corrected chi connectivity index (χ2v) is 1.94. The Morgan fingerprint density at radius 2 is 1.50 bits per heavy atom. The summed E-state index contributed by atoms with van der Waals surface area (Å²) in [6.07, 6.45) is 4.60. The highest BCUT2D eigenvalue weighted by atomic mass is 16.3. The van der Waals surface area contributed by atoms with Crippen molar-refractivity contribution in [2.24, 2.45) is 0 Å². The summed E-state index contributed by atoms with van der Waals surface area (Å²) in [5.41, 5.74) is 0.